The second kappa shape index (κ2) is 9.19. The first-order valence-corrected chi connectivity index (χ1v) is 11.0. The topological polar surface area (TPSA) is 66.5 Å². The van der Waals surface area contributed by atoms with Gasteiger partial charge >= 0.3 is 0 Å². The van der Waals surface area contributed by atoms with Crippen molar-refractivity contribution < 1.29 is 17.6 Å². The van der Waals surface area contributed by atoms with Crippen LogP contribution >= 0.6 is 0 Å². The number of anilines is 1. The summed E-state index contributed by atoms with van der Waals surface area (Å²) >= 11 is 0. The molecule has 0 bridgehead atoms. The summed E-state index contributed by atoms with van der Waals surface area (Å²) in [5.41, 5.74) is 1.44. The van der Waals surface area contributed by atoms with E-state index in [1.54, 1.807) is 26.0 Å². The third-order valence-electron chi connectivity index (χ3n) is 4.70. The predicted octanol–water partition coefficient (Wildman–Crippen LogP) is 4.53. The van der Waals surface area contributed by atoms with Gasteiger partial charge in [0.2, 0.25) is 10.0 Å². The summed E-state index contributed by atoms with van der Waals surface area (Å²) in [5.74, 6) is -0.856. The van der Waals surface area contributed by atoms with Crippen molar-refractivity contribution in [1.29, 1.82) is 0 Å². The van der Waals surface area contributed by atoms with Crippen LogP contribution in [0, 0.1) is 5.82 Å². The van der Waals surface area contributed by atoms with E-state index in [2.05, 4.69) is 4.72 Å². The summed E-state index contributed by atoms with van der Waals surface area (Å²) in [6.45, 7) is 3.83. The molecule has 0 fully saturated rings. The van der Waals surface area contributed by atoms with Gasteiger partial charge in [-0.25, -0.2) is 17.5 Å². The van der Waals surface area contributed by atoms with Crippen molar-refractivity contribution in [2.75, 3.05) is 11.4 Å². The molecule has 7 heteroatoms. The zero-order chi connectivity index (χ0) is 21.7. The van der Waals surface area contributed by atoms with E-state index < -0.39 is 27.8 Å². The van der Waals surface area contributed by atoms with E-state index in [1.807, 2.05) is 30.3 Å². The second-order valence-electron chi connectivity index (χ2n) is 6.81. The molecule has 5 nitrogen and oxygen atoms in total. The highest BCUT2D eigenvalue weighted by molar-refractivity contribution is 7.89. The van der Waals surface area contributed by atoms with Crippen molar-refractivity contribution in [2.45, 2.75) is 24.8 Å². The van der Waals surface area contributed by atoms with Gasteiger partial charge in [-0.15, -0.1) is 0 Å². The van der Waals surface area contributed by atoms with Gasteiger partial charge in [-0.1, -0.05) is 42.5 Å². The number of sulfonamides is 1. The van der Waals surface area contributed by atoms with Crippen LogP contribution in [0.25, 0.3) is 0 Å². The third-order valence-corrected chi connectivity index (χ3v) is 6.24. The molecule has 0 aliphatic carbocycles. The molecule has 0 saturated heterocycles. The number of rotatable bonds is 7. The normalized spacial score (nSPS) is 12.4. The lowest BCUT2D eigenvalue weighted by atomic mass is 10.1. The number of nitrogens with zero attached hydrogens (tertiary/aromatic N) is 1. The number of hydrogen-bond donors (Lipinski definition) is 1. The van der Waals surface area contributed by atoms with Crippen molar-refractivity contribution in [2.24, 2.45) is 0 Å². The van der Waals surface area contributed by atoms with E-state index in [4.69, 9.17) is 0 Å². The van der Waals surface area contributed by atoms with Crippen LogP contribution < -0.4 is 9.62 Å². The zero-order valence-corrected chi connectivity index (χ0v) is 17.6. The van der Waals surface area contributed by atoms with Crippen molar-refractivity contribution in [3.8, 4) is 0 Å². The Bertz CT molecular complexity index is 1130. The molecule has 0 spiro atoms. The van der Waals surface area contributed by atoms with Gasteiger partial charge in [0.15, 0.2) is 0 Å². The minimum atomic E-state index is -3.85. The first-order chi connectivity index (χ1) is 14.3. The fourth-order valence-corrected chi connectivity index (χ4v) is 4.43. The van der Waals surface area contributed by atoms with Crippen LogP contribution in [0.4, 0.5) is 10.1 Å². The molecule has 0 radical (unpaired) electrons. The van der Waals surface area contributed by atoms with Gasteiger partial charge in [-0.3, -0.25) is 4.79 Å². The molecule has 1 N–H and O–H groups in total. The summed E-state index contributed by atoms with van der Waals surface area (Å²) in [7, 11) is -3.85. The zero-order valence-electron chi connectivity index (χ0n) is 16.7. The average molecular weight is 427 g/mol. The Labute approximate surface area is 176 Å². The number of halogens is 1. The molecule has 3 aromatic rings. The first kappa shape index (κ1) is 21.7. The first-order valence-electron chi connectivity index (χ1n) is 9.56. The standard InChI is InChI=1S/C23H23FN2O3S/c1-3-26(21-13-8-12-20(24)16-21)23(27)19-11-7-14-22(15-19)30(28,29)25-17(2)18-9-5-4-6-10-18/h4-17,25H,3H2,1-2H3. The van der Waals surface area contributed by atoms with E-state index in [1.165, 1.54) is 41.3 Å². The Morgan fingerprint density at radius 2 is 1.70 bits per heavy atom. The molecule has 1 unspecified atom stereocenters. The van der Waals surface area contributed by atoms with Crippen LogP contribution in [0.15, 0.2) is 83.8 Å². The van der Waals surface area contributed by atoms with Gasteiger partial charge in [0, 0.05) is 23.8 Å². The van der Waals surface area contributed by atoms with Gasteiger partial charge in [0.05, 0.1) is 4.90 Å². The van der Waals surface area contributed by atoms with E-state index >= 15 is 0 Å². The molecular formula is C23H23FN2O3S. The molecule has 0 heterocycles. The summed E-state index contributed by atoms with van der Waals surface area (Å²) in [6, 6.07) is 20.3. The number of carbonyl (C=O) groups is 1. The van der Waals surface area contributed by atoms with E-state index in [0.717, 1.165) is 5.56 Å². The minimum Gasteiger partial charge on any atom is -0.309 e. The molecule has 1 amide bonds. The van der Waals surface area contributed by atoms with Crippen LogP contribution in [-0.2, 0) is 10.0 Å². The lowest BCUT2D eigenvalue weighted by molar-refractivity contribution is 0.0988. The van der Waals surface area contributed by atoms with Crippen molar-refractivity contribution in [3.05, 3.63) is 95.8 Å². The Morgan fingerprint density at radius 3 is 2.37 bits per heavy atom. The Hall–Kier alpha value is -3.03. The monoisotopic (exact) mass is 426 g/mol. The molecule has 0 saturated carbocycles. The number of carbonyl (C=O) groups excluding carboxylic acids is 1. The third kappa shape index (κ3) is 4.93. The fourth-order valence-electron chi connectivity index (χ4n) is 3.15. The molecule has 1 atom stereocenters. The second-order valence-corrected chi connectivity index (χ2v) is 8.52. The average Bonchev–Trinajstić information content (AvgIpc) is 2.75. The summed E-state index contributed by atoms with van der Waals surface area (Å²) in [5, 5.41) is 0. The van der Waals surface area contributed by atoms with Gasteiger partial charge in [-0.05, 0) is 55.8 Å². The molecule has 0 aromatic heterocycles. The molecule has 3 rings (SSSR count). The highest BCUT2D eigenvalue weighted by Crippen LogP contribution is 2.21. The predicted molar refractivity (Wildman–Crippen MR) is 115 cm³/mol. The van der Waals surface area contributed by atoms with Crippen molar-refractivity contribution in [3.63, 3.8) is 0 Å². The SMILES string of the molecule is CCN(C(=O)c1cccc(S(=O)(=O)NC(C)c2ccccc2)c1)c1cccc(F)c1. The lowest BCUT2D eigenvalue weighted by Gasteiger charge is -2.21. The van der Waals surface area contributed by atoms with Crippen molar-refractivity contribution in [1.82, 2.24) is 4.72 Å². The smallest absolute Gasteiger partial charge is 0.258 e. The van der Waals surface area contributed by atoms with Crippen LogP contribution in [0.5, 0.6) is 0 Å². The van der Waals surface area contributed by atoms with Gasteiger partial charge in [0.25, 0.3) is 5.91 Å². The fraction of sp³-hybridized carbons (Fsp3) is 0.174. The van der Waals surface area contributed by atoms with Gasteiger partial charge < -0.3 is 4.90 Å². The molecule has 0 aliphatic rings. The maximum atomic E-state index is 13.6. The van der Waals surface area contributed by atoms with Crippen LogP contribution in [0.3, 0.4) is 0 Å². The Morgan fingerprint density at radius 1 is 1.00 bits per heavy atom. The maximum absolute atomic E-state index is 13.6. The lowest BCUT2D eigenvalue weighted by Crippen LogP contribution is -2.31. The summed E-state index contributed by atoms with van der Waals surface area (Å²) in [6.07, 6.45) is 0. The minimum absolute atomic E-state index is 0.00794. The molecule has 30 heavy (non-hydrogen) atoms. The van der Waals surface area contributed by atoms with Crippen LogP contribution in [0.2, 0.25) is 0 Å². The number of amides is 1. The highest BCUT2D eigenvalue weighted by atomic mass is 32.2. The Balaban J connectivity index is 1.86. The molecule has 156 valence electrons. The number of hydrogen-bond acceptors (Lipinski definition) is 3. The molecular weight excluding hydrogens is 403 g/mol. The van der Waals surface area contributed by atoms with Crippen LogP contribution in [-0.4, -0.2) is 20.9 Å². The maximum Gasteiger partial charge on any atom is 0.258 e. The highest BCUT2D eigenvalue weighted by Gasteiger charge is 2.22. The van der Waals surface area contributed by atoms with E-state index in [-0.39, 0.29) is 10.5 Å². The quantitative estimate of drug-likeness (QED) is 0.604. The number of nitrogens with one attached hydrogen (secondary N) is 1. The van der Waals surface area contributed by atoms with Crippen LogP contribution in [0.1, 0.15) is 35.8 Å². The Kier molecular flexibility index (Phi) is 6.64. The van der Waals surface area contributed by atoms with Gasteiger partial charge in [-0.2, -0.15) is 0 Å². The van der Waals surface area contributed by atoms with Gasteiger partial charge in [0.1, 0.15) is 5.82 Å². The van der Waals surface area contributed by atoms with Crippen molar-refractivity contribution >= 4 is 21.6 Å². The summed E-state index contributed by atoms with van der Waals surface area (Å²) in [4.78, 5) is 14.4. The summed E-state index contributed by atoms with van der Waals surface area (Å²) < 4.78 is 41.9. The molecule has 3 aromatic carbocycles. The van der Waals surface area contributed by atoms with E-state index in [0.29, 0.717) is 12.2 Å². The molecule has 0 aliphatic heterocycles. The number of benzene rings is 3. The largest absolute Gasteiger partial charge is 0.309 e. The van der Waals surface area contributed by atoms with E-state index in [9.17, 15) is 17.6 Å².